The van der Waals surface area contributed by atoms with E-state index in [-0.39, 0.29) is 0 Å². The van der Waals surface area contributed by atoms with Crippen molar-refractivity contribution in [1.29, 1.82) is 0 Å². The first kappa shape index (κ1) is 29.3. The third kappa shape index (κ3) is 5.37. The van der Waals surface area contributed by atoms with Crippen molar-refractivity contribution in [3.63, 3.8) is 0 Å². The van der Waals surface area contributed by atoms with Gasteiger partial charge in [-0.2, -0.15) is 0 Å². The van der Waals surface area contributed by atoms with Crippen LogP contribution in [0, 0.1) is 0 Å². The van der Waals surface area contributed by atoms with Crippen molar-refractivity contribution in [2.75, 3.05) is 0 Å². The van der Waals surface area contributed by atoms with Crippen LogP contribution in [-0.4, -0.2) is 24.9 Å². The number of hydrogen-bond acceptors (Lipinski definition) is 5. The van der Waals surface area contributed by atoms with Gasteiger partial charge in [-0.25, -0.2) is 24.9 Å². The quantitative estimate of drug-likeness (QED) is 0.169. The molecule has 234 valence electrons. The highest BCUT2D eigenvalue weighted by Crippen LogP contribution is 2.44. The minimum Gasteiger partial charge on any atom is -0.241 e. The Bertz CT molecular complexity index is 2550. The number of nitrogens with zero attached hydrogens (tertiary/aromatic N) is 5. The van der Waals surface area contributed by atoms with Gasteiger partial charge in [0.15, 0.2) is 11.6 Å². The van der Waals surface area contributed by atoms with Crippen LogP contribution in [0.1, 0.15) is 0 Å². The average Bonchev–Trinajstić information content (AvgIpc) is 3.21. The van der Waals surface area contributed by atoms with Crippen molar-refractivity contribution in [2.24, 2.45) is 0 Å². The normalized spacial score (nSPS) is 11.2. The molecule has 0 saturated carbocycles. The van der Waals surface area contributed by atoms with Gasteiger partial charge in [-0.15, -0.1) is 0 Å². The van der Waals surface area contributed by atoms with E-state index in [0.717, 1.165) is 22.3 Å². The second kappa shape index (κ2) is 12.6. The Hall–Kier alpha value is -6.85. The molecule has 0 saturated heterocycles. The monoisotopic (exact) mass is 639 g/mol. The molecule has 3 heterocycles. The van der Waals surface area contributed by atoms with Crippen LogP contribution in [-0.2, 0) is 0 Å². The Morgan fingerprint density at radius 3 is 1.22 bits per heavy atom. The molecule has 0 amide bonds. The number of pyridine rings is 1. The summed E-state index contributed by atoms with van der Waals surface area (Å²) in [6.07, 6.45) is 6.90. The molecule has 5 heteroatoms. The van der Waals surface area contributed by atoms with Crippen LogP contribution >= 0.6 is 0 Å². The van der Waals surface area contributed by atoms with Crippen LogP contribution in [0.15, 0.2) is 176 Å². The zero-order chi connectivity index (χ0) is 33.3. The van der Waals surface area contributed by atoms with Gasteiger partial charge in [-0.3, -0.25) is 0 Å². The fraction of sp³-hybridized carbons (Fsp3) is 0. The molecule has 9 rings (SSSR count). The van der Waals surface area contributed by atoms with Crippen molar-refractivity contribution >= 4 is 21.5 Å². The third-order valence-corrected chi connectivity index (χ3v) is 9.12. The fourth-order valence-electron chi connectivity index (χ4n) is 6.83. The Balaban J connectivity index is 1.19. The van der Waals surface area contributed by atoms with Crippen LogP contribution < -0.4 is 0 Å². The van der Waals surface area contributed by atoms with Crippen molar-refractivity contribution in [3.8, 4) is 67.5 Å². The van der Waals surface area contributed by atoms with E-state index < -0.39 is 0 Å². The molecule has 0 atom stereocenters. The van der Waals surface area contributed by atoms with Crippen molar-refractivity contribution in [1.82, 2.24) is 24.9 Å². The molecule has 0 aliphatic heterocycles. The lowest BCUT2D eigenvalue weighted by Crippen LogP contribution is -1.96. The molecule has 50 heavy (non-hydrogen) atoms. The van der Waals surface area contributed by atoms with E-state index in [1.165, 1.54) is 43.8 Å². The molecule has 0 spiro atoms. The lowest BCUT2D eigenvalue weighted by atomic mass is 9.85. The number of hydrogen-bond donors (Lipinski definition) is 0. The molecule has 0 unspecified atom stereocenters. The second-order valence-electron chi connectivity index (χ2n) is 12.1. The number of fused-ring (bicyclic) bond motifs is 2. The molecule has 0 N–H and O–H groups in total. The number of aromatic nitrogens is 5. The van der Waals surface area contributed by atoms with E-state index in [1.807, 2.05) is 12.1 Å². The predicted octanol–water partition coefficient (Wildman–Crippen LogP) is 11.0. The van der Waals surface area contributed by atoms with Crippen LogP contribution in [0.25, 0.3) is 89.1 Å². The van der Waals surface area contributed by atoms with E-state index in [2.05, 4.69) is 147 Å². The standard InChI is InChI=1S/C45H29N5/c1-3-11-32(12-4-1)42-36-15-7-8-16-37(36)43(33-13-5-2-6-14-33)39-27-34(21-22-38(39)42)30-17-19-31(20-18-30)35-28-40(44-46-23-9-24-47-44)50-41(29-35)45-48-25-10-26-49-45/h1-29H. The van der Waals surface area contributed by atoms with Gasteiger partial charge < -0.3 is 0 Å². The molecule has 9 aromatic rings. The smallest absolute Gasteiger partial charge is 0.178 e. The first-order valence-corrected chi connectivity index (χ1v) is 16.6. The Morgan fingerprint density at radius 2 is 0.700 bits per heavy atom. The highest BCUT2D eigenvalue weighted by Gasteiger charge is 2.18. The van der Waals surface area contributed by atoms with E-state index in [4.69, 9.17) is 4.98 Å². The lowest BCUT2D eigenvalue weighted by molar-refractivity contribution is 1.11. The highest BCUT2D eigenvalue weighted by molar-refractivity contribution is 6.21. The highest BCUT2D eigenvalue weighted by atomic mass is 14.9. The summed E-state index contributed by atoms with van der Waals surface area (Å²) in [5, 5.41) is 4.95. The molecule has 3 aromatic heterocycles. The maximum atomic E-state index is 4.83. The SMILES string of the molecule is c1ccc(-c2c3ccccc3c(-c3ccccc3)c3cc(-c4ccc(-c5cc(-c6ncccn6)nc(-c6ncccn6)c5)cc4)ccc23)cc1. The van der Waals surface area contributed by atoms with Crippen LogP contribution in [0.3, 0.4) is 0 Å². The van der Waals surface area contributed by atoms with E-state index in [0.29, 0.717) is 23.0 Å². The van der Waals surface area contributed by atoms with Gasteiger partial charge in [0, 0.05) is 24.8 Å². The van der Waals surface area contributed by atoms with Gasteiger partial charge in [0.05, 0.1) is 0 Å². The van der Waals surface area contributed by atoms with E-state index in [1.54, 1.807) is 36.9 Å². The van der Waals surface area contributed by atoms with E-state index in [9.17, 15) is 0 Å². The molecule has 6 aromatic carbocycles. The molecule has 0 fully saturated rings. The van der Waals surface area contributed by atoms with Gasteiger partial charge in [0.2, 0.25) is 0 Å². The summed E-state index contributed by atoms with van der Waals surface area (Å²) in [5.74, 6) is 1.10. The van der Waals surface area contributed by atoms with Gasteiger partial charge in [-0.1, -0.05) is 121 Å². The van der Waals surface area contributed by atoms with Crippen molar-refractivity contribution < 1.29 is 0 Å². The maximum absolute atomic E-state index is 4.83. The topological polar surface area (TPSA) is 64.5 Å². The summed E-state index contributed by atoms with van der Waals surface area (Å²) in [4.78, 5) is 22.7. The zero-order valence-electron chi connectivity index (χ0n) is 27.0. The summed E-state index contributed by atoms with van der Waals surface area (Å²) in [7, 11) is 0. The Labute approximate surface area is 289 Å². The second-order valence-corrected chi connectivity index (χ2v) is 12.1. The molecule has 0 aliphatic carbocycles. The molecular weight excluding hydrogens is 611 g/mol. The van der Waals surface area contributed by atoms with Gasteiger partial charge in [-0.05, 0) is 96.4 Å². The molecule has 5 nitrogen and oxygen atoms in total. The van der Waals surface area contributed by atoms with Crippen LogP contribution in [0.4, 0.5) is 0 Å². The number of rotatable bonds is 6. The third-order valence-electron chi connectivity index (χ3n) is 9.12. The Kier molecular flexibility index (Phi) is 7.41. The predicted molar refractivity (Wildman–Crippen MR) is 203 cm³/mol. The maximum Gasteiger partial charge on any atom is 0.178 e. The lowest BCUT2D eigenvalue weighted by Gasteiger charge is -2.18. The van der Waals surface area contributed by atoms with Crippen LogP contribution in [0.5, 0.6) is 0 Å². The van der Waals surface area contributed by atoms with Crippen LogP contribution in [0.2, 0.25) is 0 Å². The fourth-order valence-corrected chi connectivity index (χ4v) is 6.83. The van der Waals surface area contributed by atoms with Crippen molar-refractivity contribution in [3.05, 3.63) is 176 Å². The zero-order valence-corrected chi connectivity index (χ0v) is 27.0. The summed E-state index contributed by atoms with van der Waals surface area (Å²) in [6, 6.07) is 53.5. The first-order valence-electron chi connectivity index (χ1n) is 16.6. The molecule has 0 aliphatic rings. The summed E-state index contributed by atoms with van der Waals surface area (Å²) < 4.78 is 0. The molecular formula is C45H29N5. The minimum atomic E-state index is 0.552. The largest absolute Gasteiger partial charge is 0.241 e. The van der Waals surface area contributed by atoms with Gasteiger partial charge >= 0.3 is 0 Å². The van der Waals surface area contributed by atoms with Crippen molar-refractivity contribution in [2.45, 2.75) is 0 Å². The Morgan fingerprint density at radius 1 is 0.280 bits per heavy atom. The summed E-state index contributed by atoms with van der Waals surface area (Å²) >= 11 is 0. The molecule has 0 radical (unpaired) electrons. The number of benzene rings is 6. The van der Waals surface area contributed by atoms with Gasteiger partial charge in [0.1, 0.15) is 11.4 Å². The van der Waals surface area contributed by atoms with E-state index >= 15 is 0 Å². The van der Waals surface area contributed by atoms with Gasteiger partial charge in [0.25, 0.3) is 0 Å². The summed E-state index contributed by atoms with van der Waals surface area (Å²) in [5.41, 5.74) is 10.6. The minimum absolute atomic E-state index is 0.552. The molecule has 0 bridgehead atoms. The summed E-state index contributed by atoms with van der Waals surface area (Å²) in [6.45, 7) is 0. The average molecular weight is 640 g/mol. The first-order chi connectivity index (χ1) is 24.8.